The fourth-order valence-corrected chi connectivity index (χ4v) is 1.02. The smallest absolute Gasteiger partial charge is 1.00 e. The number of halogens is 1. The maximum atomic E-state index is 10.1. The molecule has 0 aromatic carbocycles. The molecule has 0 aliphatic carbocycles. The molecular weight excluding hydrogens is 219 g/mol. The van der Waals surface area contributed by atoms with Crippen LogP contribution >= 0.6 is 11.6 Å². The summed E-state index contributed by atoms with van der Waals surface area (Å²) in [5.74, 6) is 0.270. The van der Waals surface area contributed by atoms with E-state index in [1.807, 2.05) is 0 Å². The van der Waals surface area contributed by atoms with Crippen molar-refractivity contribution in [3.63, 3.8) is 0 Å². The second-order valence-electron chi connectivity index (χ2n) is 1.80. The standard InChI is InChI=1S/C4H9ClO4S.K.H/c5-3-1-2-4(6)10(7,8)9;;/h4,6H,1-3H2,(H,7,8,9);;/q;+1;-1. The van der Waals surface area contributed by atoms with Gasteiger partial charge in [0.1, 0.15) is 0 Å². The summed E-state index contributed by atoms with van der Waals surface area (Å²) < 4.78 is 28.4. The Morgan fingerprint density at radius 3 is 2.27 bits per heavy atom. The molecule has 0 spiro atoms. The van der Waals surface area contributed by atoms with Gasteiger partial charge in [-0.2, -0.15) is 8.42 Å². The molecule has 0 saturated carbocycles. The minimum absolute atomic E-state index is 0. The minimum atomic E-state index is -4.28. The average molecular weight is 229 g/mol. The molecular formula is C4H10ClKO4S. The second-order valence-corrected chi connectivity index (χ2v) is 3.75. The van der Waals surface area contributed by atoms with E-state index in [2.05, 4.69) is 0 Å². The normalized spacial score (nSPS) is 13.7. The van der Waals surface area contributed by atoms with E-state index in [1.165, 1.54) is 0 Å². The molecule has 4 nitrogen and oxygen atoms in total. The van der Waals surface area contributed by atoms with Crippen LogP contribution < -0.4 is 51.4 Å². The van der Waals surface area contributed by atoms with E-state index in [0.29, 0.717) is 6.42 Å². The first kappa shape index (κ1) is 15.3. The van der Waals surface area contributed by atoms with Crippen LogP contribution in [0, 0.1) is 0 Å². The largest absolute Gasteiger partial charge is 1.00 e. The fraction of sp³-hybridized carbons (Fsp3) is 1.00. The number of hydrogen-bond acceptors (Lipinski definition) is 3. The van der Waals surface area contributed by atoms with Crippen LogP contribution in [0.2, 0.25) is 0 Å². The van der Waals surface area contributed by atoms with Crippen LogP contribution in [0.1, 0.15) is 14.3 Å². The van der Waals surface area contributed by atoms with Crippen LogP contribution in [0.3, 0.4) is 0 Å². The molecule has 0 radical (unpaired) electrons. The number of aliphatic hydroxyl groups excluding tert-OH is 1. The molecule has 0 aliphatic heterocycles. The maximum absolute atomic E-state index is 10.1. The summed E-state index contributed by atoms with van der Waals surface area (Å²) in [7, 11) is -4.28. The first-order valence-electron chi connectivity index (χ1n) is 2.69. The average Bonchev–Trinajstić information content (AvgIpc) is 1.80. The molecule has 0 heterocycles. The first-order chi connectivity index (χ1) is 4.48. The van der Waals surface area contributed by atoms with Crippen molar-refractivity contribution in [2.45, 2.75) is 18.3 Å². The Bertz CT molecular complexity index is 185. The van der Waals surface area contributed by atoms with Gasteiger partial charge in [0.15, 0.2) is 5.44 Å². The zero-order chi connectivity index (χ0) is 8.20. The van der Waals surface area contributed by atoms with Crippen LogP contribution in [-0.4, -0.2) is 29.4 Å². The molecule has 0 saturated heterocycles. The van der Waals surface area contributed by atoms with Crippen LogP contribution in [-0.2, 0) is 10.1 Å². The van der Waals surface area contributed by atoms with Gasteiger partial charge in [-0.25, -0.2) is 0 Å². The monoisotopic (exact) mass is 228 g/mol. The number of hydrogen-bond donors (Lipinski definition) is 2. The van der Waals surface area contributed by atoms with Gasteiger partial charge in [0.2, 0.25) is 0 Å². The van der Waals surface area contributed by atoms with Crippen molar-refractivity contribution < 1.29 is 70.9 Å². The summed E-state index contributed by atoms with van der Waals surface area (Å²) in [4.78, 5) is 0. The third-order valence-electron chi connectivity index (χ3n) is 0.929. The van der Waals surface area contributed by atoms with Gasteiger partial charge in [0, 0.05) is 5.88 Å². The van der Waals surface area contributed by atoms with Gasteiger partial charge in [-0.15, -0.1) is 11.6 Å². The predicted octanol–water partition coefficient (Wildman–Crippen LogP) is -2.67. The maximum Gasteiger partial charge on any atom is 1.00 e. The van der Waals surface area contributed by atoms with Crippen LogP contribution in [0.4, 0.5) is 0 Å². The molecule has 0 aliphatic rings. The van der Waals surface area contributed by atoms with E-state index in [-0.39, 0.29) is 65.1 Å². The molecule has 2 N–H and O–H groups in total. The molecule has 64 valence electrons. The van der Waals surface area contributed by atoms with Gasteiger partial charge >= 0.3 is 51.4 Å². The minimum Gasteiger partial charge on any atom is -1.00 e. The van der Waals surface area contributed by atoms with Crippen molar-refractivity contribution in [1.82, 2.24) is 0 Å². The van der Waals surface area contributed by atoms with Crippen molar-refractivity contribution in [2.24, 2.45) is 0 Å². The fourth-order valence-electron chi connectivity index (χ4n) is 0.401. The van der Waals surface area contributed by atoms with Gasteiger partial charge in [0.25, 0.3) is 10.1 Å². The van der Waals surface area contributed by atoms with E-state index in [0.717, 1.165) is 0 Å². The van der Waals surface area contributed by atoms with Crippen molar-refractivity contribution in [3.05, 3.63) is 0 Å². The summed E-state index contributed by atoms with van der Waals surface area (Å²) in [5.41, 5.74) is -1.69. The molecule has 0 amide bonds. The van der Waals surface area contributed by atoms with Crippen molar-refractivity contribution >= 4 is 21.7 Å². The van der Waals surface area contributed by atoms with Gasteiger partial charge in [-0.1, -0.05) is 0 Å². The second kappa shape index (κ2) is 7.22. The molecule has 11 heavy (non-hydrogen) atoms. The van der Waals surface area contributed by atoms with E-state index in [9.17, 15) is 8.42 Å². The number of alkyl halides is 1. The molecule has 0 fully saturated rings. The Kier molecular flexibility index (Phi) is 10.0. The van der Waals surface area contributed by atoms with E-state index < -0.39 is 15.6 Å². The van der Waals surface area contributed by atoms with Crippen molar-refractivity contribution in [3.8, 4) is 0 Å². The summed E-state index contributed by atoms with van der Waals surface area (Å²) in [6.45, 7) is 0. The summed E-state index contributed by atoms with van der Waals surface area (Å²) in [6.07, 6.45) is 0.338. The molecule has 0 aromatic heterocycles. The van der Waals surface area contributed by atoms with Gasteiger partial charge < -0.3 is 6.53 Å². The molecule has 0 rings (SSSR count). The third-order valence-corrected chi connectivity index (χ3v) is 2.12. The van der Waals surface area contributed by atoms with Crippen molar-refractivity contribution in [1.29, 1.82) is 0 Å². The topological polar surface area (TPSA) is 74.6 Å². The van der Waals surface area contributed by atoms with E-state index in [4.69, 9.17) is 21.3 Å². The Morgan fingerprint density at radius 2 is 2.00 bits per heavy atom. The molecule has 0 aromatic rings. The molecule has 7 heteroatoms. The summed E-state index contributed by atoms with van der Waals surface area (Å²) in [5, 5.41) is 8.62. The van der Waals surface area contributed by atoms with Crippen LogP contribution in [0.5, 0.6) is 0 Å². The quantitative estimate of drug-likeness (QED) is 0.313. The Balaban J connectivity index is -0.000000405. The molecule has 1 atom stereocenters. The zero-order valence-corrected chi connectivity index (χ0v) is 10.9. The van der Waals surface area contributed by atoms with Crippen molar-refractivity contribution in [2.75, 3.05) is 5.88 Å². The van der Waals surface area contributed by atoms with E-state index in [1.54, 1.807) is 0 Å². The van der Waals surface area contributed by atoms with Gasteiger partial charge in [-0.3, -0.25) is 4.55 Å². The number of aliphatic hydroxyl groups is 1. The Hall–Kier alpha value is 1.80. The summed E-state index contributed by atoms with van der Waals surface area (Å²) >= 11 is 5.21. The first-order valence-corrected chi connectivity index (χ1v) is 4.72. The van der Waals surface area contributed by atoms with Gasteiger partial charge in [0.05, 0.1) is 0 Å². The molecule has 1 unspecified atom stereocenters. The van der Waals surface area contributed by atoms with E-state index >= 15 is 0 Å². The van der Waals surface area contributed by atoms with Crippen LogP contribution in [0.15, 0.2) is 0 Å². The molecule has 0 bridgehead atoms. The number of rotatable bonds is 4. The zero-order valence-electron chi connectivity index (χ0n) is 7.20. The SMILES string of the molecule is O=S(=O)(O)C(O)CCCCl.[H-].[K+]. The van der Waals surface area contributed by atoms with Crippen LogP contribution in [0.25, 0.3) is 0 Å². The predicted molar refractivity (Wildman–Crippen MR) is 38.6 cm³/mol. The third kappa shape index (κ3) is 8.14. The Labute approximate surface area is 115 Å². The van der Waals surface area contributed by atoms with Gasteiger partial charge in [-0.05, 0) is 12.8 Å². The summed E-state index contributed by atoms with van der Waals surface area (Å²) in [6, 6.07) is 0. The Morgan fingerprint density at radius 1 is 1.55 bits per heavy atom.